The number of thiazole rings is 1. The molecule has 0 aliphatic heterocycles. The van der Waals surface area contributed by atoms with Gasteiger partial charge in [0.25, 0.3) is 0 Å². The van der Waals surface area contributed by atoms with Crippen molar-refractivity contribution in [1.82, 2.24) is 20.3 Å². The SMILES string of the molecule is Nc1nc(CC(=O)NCc2cnc[nH]2)cs1. The maximum absolute atomic E-state index is 11.5. The van der Waals surface area contributed by atoms with Gasteiger partial charge in [0.2, 0.25) is 5.91 Å². The van der Waals surface area contributed by atoms with Crippen molar-refractivity contribution < 1.29 is 4.79 Å². The van der Waals surface area contributed by atoms with Gasteiger partial charge in [-0.1, -0.05) is 0 Å². The quantitative estimate of drug-likeness (QED) is 0.712. The van der Waals surface area contributed by atoms with E-state index >= 15 is 0 Å². The minimum absolute atomic E-state index is 0.0834. The number of nitrogen functional groups attached to an aromatic ring is 1. The van der Waals surface area contributed by atoms with Crippen LogP contribution in [0.2, 0.25) is 0 Å². The van der Waals surface area contributed by atoms with E-state index in [2.05, 4.69) is 20.3 Å². The molecule has 0 bridgehead atoms. The summed E-state index contributed by atoms with van der Waals surface area (Å²) in [6, 6.07) is 0. The van der Waals surface area contributed by atoms with Crippen LogP contribution in [0, 0.1) is 0 Å². The molecular formula is C9H11N5OS. The maximum Gasteiger partial charge on any atom is 0.226 e. The van der Waals surface area contributed by atoms with Crippen molar-refractivity contribution in [2.45, 2.75) is 13.0 Å². The Bertz CT molecular complexity index is 464. The summed E-state index contributed by atoms with van der Waals surface area (Å²) in [6.45, 7) is 0.443. The Morgan fingerprint density at radius 1 is 1.62 bits per heavy atom. The number of carbonyl (C=O) groups is 1. The van der Waals surface area contributed by atoms with Crippen LogP contribution in [0.3, 0.4) is 0 Å². The van der Waals surface area contributed by atoms with Gasteiger partial charge in [0.15, 0.2) is 5.13 Å². The van der Waals surface area contributed by atoms with Crippen molar-refractivity contribution >= 4 is 22.4 Å². The fourth-order valence-corrected chi connectivity index (χ4v) is 1.77. The van der Waals surface area contributed by atoms with Crippen LogP contribution in [-0.4, -0.2) is 20.9 Å². The van der Waals surface area contributed by atoms with Crippen molar-refractivity contribution in [2.24, 2.45) is 0 Å². The minimum atomic E-state index is -0.0834. The third-order valence-electron chi connectivity index (χ3n) is 1.94. The van der Waals surface area contributed by atoms with Crippen LogP contribution in [-0.2, 0) is 17.8 Å². The highest BCUT2D eigenvalue weighted by Crippen LogP contribution is 2.11. The second-order valence-electron chi connectivity index (χ2n) is 3.21. The number of amides is 1. The number of anilines is 1. The Balaban J connectivity index is 1.81. The lowest BCUT2D eigenvalue weighted by Crippen LogP contribution is -2.24. The first-order valence-corrected chi connectivity index (χ1v) is 5.56. The Kier molecular flexibility index (Phi) is 3.16. The van der Waals surface area contributed by atoms with Crippen molar-refractivity contribution in [3.05, 3.63) is 29.3 Å². The third-order valence-corrected chi connectivity index (χ3v) is 2.66. The van der Waals surface area contributed by atoms with Gasteiger partial charge < -0.3 is 16.0 Å². The molecule has 4 N–H and O–H groups in total. The first-order chi connectivity index (χ1) is 7.74. The molecule has 0 aromatic carbocycles. The predicted molar refractivity (Wildman–Crippen MR) is 60.7 cm³/mol. The van der Waals surface area contributed by atoms with Gasteiger partial charge in [-0.3, -0.25) is 4.79 Å². The van der Waals surface area contributed by atoms with Gasteiger partial charge in [-0.05, 0) is 0 Å². The summed E-state index contributed by atoms with van der Waals surface area (Å²) in [7, 11) is 0. The number of H-pyrrole nitrogens is 1. The Hall–Kier alpha value is -1.89. The summed E-state index contributed by atoms with van der Waals surface area (Å²) < 4.78 is 0. The average molecular weight is 237 g/mol. The summed E-state index contributed by atoms with van der Waals surface area (Å²) in [5.41, 5.74) is 7.03. The number of aromatic nitrogens is 3. The van der Waals surface area contributed by atoms with Gasteiger partial charge in [0, 0.05) is 11.6 Å². The highest BCUT2D eigenvalue weighted by Gasteiger charge is 2.06. The molecule has 0 fully saturated rings. The van der Waals surface area contributed by atoms with Crippen LogP contribution >= 0.6 is 11.3 Å². The topological polar surface area (TPSA) is 96.7 Å². The molecule has 1 amide bonds. The molecule has 0 saturated heterocycles. The molecule has 0 aliphatic rings. The molecule has 0 spiro atoms. The lowest BCUT2D eigenvalue weighted by Gasteiger charge is -2.01. The highest BCUT2D eigenvalue weighted by molar-refractivity contribution is 7.13. The van der Waals surface area contributed by atoms with Crippen molar-refractivity contribution in [3.63, 3.8) is 0 Å². The van der Waals surface area contributed by atoms with Gasteiger partial charge in [0.1, 0.15) is 0 Å². The van der Waals surface area contributed by atoms with Crippen LogP contribution in [0.25, 0.3) is 0 Å². The van der Waals surface area contributed by atoms with Crippen LogP contribution < -0.4 is 11.1 Å². The summed E-state index contributed by atoms with van der Waals surface area (Å²) in [6.07, 6.45) is 3.49. The van der Waals surface area contributed by atoms with E-state index in [9.17, 15) is 4.79 Å². The fraction of sp³-hybridized carbons (Fsp3) is 0.222. The number of nitrogens with one attached hydrogen (secondary N) is 2. The molecule has 16 heavy (non-hydrogen) atoms. The molecule has 0 saturated carbocycles. The molecule has 0 radical (unpaired) electrons. The van der Waals surface area contributed by atoms with Gasteiger partial charge in [-0.15, -0.1) is 11.3 Å². The molecule has 7 heteroatoms. The van der Waals surface area contributed by atoms with E-state index in [4.69, 9.17) is 5.73 Å². The number of aromatic amines is 1. The van der Waals surface area contributed by atoms with Crippen LogP contribution in [0.15, 0.2) is 17.9 Å². The lowest BCUT2D eigenvalue weighted by molar-refractivity contribution is -0.120. The molecule has 0 unspecified atom stereocenters. The van der Waals surface area contributed by atoms with Gasteiger partial charge in [-0.25, -0.2) is 9.97 Å². The zero-order valence-corrected chi connectivity index (χ0v) is 9.25. The molecule has 2 aromatic rings. The molecule has 6 nitrogen and oxygen atoms in total. The zero-order chi connectivity index (χ0) is 11.4. The molecule has 0 atom stereocenters. The highest BCUT2D eigenvalue weighted by atomic mass is 32.1. The summed E-state index contributed by atoms with van der Waals surface area (Å²) in [4.78, 5) is 22.3. The first kappa shape index (κ1) is 10.6. The largest absolute Gasteiger partial charge is 0.375 e. The second kappa shape index (κ2) is 4.75. The Morgan fingerprint density at radius 3 is 3.12 bits per heavy atom. The standard InChI is InChI=1S/C9H11N5OS/c10-9-14-6(4-16-9)1-8(15)12-3-7-2-11-5-13-7/h2,4-5H,1,3H2,(H2,10,14)(H,11,13)(H,12,15). The Morgan fingerprint density at radius 2 is 2.50 bits per heavy atom. The smallest absolute Gasteiger partial charge is 0.226 e. The summed E-state index contributed by atoms with van der Waals surface area (Å²) >= 11 is 1.33. The number of hydrogen-bond acceptors (Lipinski definition) is 5. The fourth-order valence-electron chi connectivity index (χ4n) is 1.21. The summed E-state index contributed by atoms with van der Waals surface area (Å²) in [5.74, 6) is -0.0834. The molecule has 2 heterocycles. The molecule has 2 rings (SSSR count). The first-order valence-electron chi connectivity index (χ1n) is 4.68. The van der Waals surface area contributed by atoms with Crippen LogP contribution in [0.4, 0.5) is 5.13 Å². The number of rotatable bonds is 4. The average Bonchev–Trinajstić information content (AvgIpc) is 2.87. The van der Waals surface area contributed by atoms with Gasteiger partial charge in [0.05, 0.1) is 30.7 Å². The summed E-state index contributed by atoms with van der Waals surface area (Å²) in [5, 5.41) is 5.02. The van der Waals surface area contributed by atoms with Crippen LogP contribution in [0.5, 0.6) is 0 Å². The predicted octanol–water partition coefficient (Wildman–Crippen LogP) is 0.307. The number of imidazole rings is 1. The van der Waals surface area contributed by atoms with Crippen molar-refractivity contribution in [3.8, 4) is 0 Å². The van der Waals surface area contributed by atoms with E-state index in [0.717, 1.165) is 5.69 Å². The van der Waals surface area contributed by atoms with E-state index in [-0.39, 0.29) is 12.3 Å². The van der Waals surface area contributed by atoms with Crippen LogP contribution in [0.1, 0.15) is 11.4 Å². The molecule has 0 aliphatic carbocycles. The van der Waals surface area contributed by atoms with E-state index in [1.807, 2.05) is 0 Å². The van der Waals surface area contributed by atoms with Crippen molar-refractivity contribution in [1.29, 1.82) is 0 Å². The second-order valence-corrected chi connectivity index (χ2v) is 4.10. The number of carbonyl (C=O) groups excluding carboxylic acids is 1. The maximum atomic E-state index is 11.5. The number of nitrogens with two attached hydrogens (primary N) is 1. The van der Waals surface area contributed by atoms with Gasteiger partial charge in [-0.2, -0.15) is 0 Å². The molecule has 2 aromatic heterocycles. The Labute approximate surface area is 95.9 Å². The normalized spacial score (nSPS) is 10.2. The zero-order valence-electron chi connectivity index (χ0n) is 8.43. The lowest BCUT2D eigenvalue weighted by atomic mass is 10.3. The van der Waals surface area contributed by atoms with E-state index in [1.165, 1.54) is 11.3 Å². The van der Waals surface area contributed by atoms with Gasteiger partial charge >= 0.3 is 0 Å². The van der Waals surface area contributed by atoms with E-state index in [1.54, 1.807) is 17.9 Å². The number of nitrogens with zero attached hydrogens (tertiary/aromatic N) is 2. The molecular weight excluding hydrogens is 226 g/mol. The van der Waals surface area contributed by atoms with Crippen molar-refractivity contribution in [2.75, 3.05) is 5.73 Å². The monoisotopic (exact) mass is 237 g/mol. The third kappa shape index (κ3) is 2.80. The minimum Gasteiger partial charge on any atom is -0.375 e. The number of hydrogen-bond donors (Lipinski definition) is 3. The van der Waals surface area contributed by atoms with E-state index < -0.39 is 0 Å². The molecule has 84 valence electrons. The van der Waals surface area contributed by atoms with E-state index in [0.29, 0.717) is 17.4 Å².